The molecule has 20 heavy (non-hydrogen) atoms. The normalized spacial score (nSPS) is 16.1. The average Bonchev–Trinajstić information content (AvgIpc) is 2.95. The number of aromatic nitrogens is 1. The molecular weight excluding hydrogens is 272 g/mol. The summed E-state index contributed by atoms with van der Waals surface area (Å²) in [5.41, 5.74) is 3.37. The van der Waals surface area contributed by atoms with Gasteiger partial charge in [0.25, 0.3) is 0 Å². The Morgan fingerprint density at radius 2 is 2.05 bits per heavy atom. The average molecular weight is 297 g/mol. The number of alkyl halides is 1. The van der Waals surface area contributed by atoms with Crippen molar-refractivity contribution < 1.29 is 4.74 Å². The van der Waals surface area contributed by atoms with Crippen molar-refractivity contribution in [3.8, 4) is 5.75 Å². The Labute approximate surface area is 127 Å². The van der Waals surface area contributed by atoms with Crippen molar-refractivity contribution in [3.05, 3.63) is 23.0 Å². The van der Waals surface area contributed by atoms with Gasteiger partial charge in [-0.3, -0.25) is 9.88 Å². The molecule has 0 aliphatic heterocycles. The molecule has 0 N–H and O–H groups in total. The van der Waals surface area contributed by atoms with E-state index < -0.39 is 0 Å². The Hall–Kier alpha value is -0.800. The van der Waals surface area contributed by atoms with E-state index in [-0.39, 0.29) is 0 Å². The van der Waals surface area contributed by atoms with Crippen LogP contribution in [0.15, 0.2) is 6.20 Å². The predicted octanol–water partition coefficient (Wildman–Crippen LogP) is 3.69. The van der Waals surface area contributed by atoms with Crippen molar-refractivity contribution in [1.29, 1.82) is 0 Å². The standard InChI is InChI=1S/C16H25ClN2O/c1-12-10-18-15(13(2)16(12)20-3)11-19(9-8-17)14-6-4-5-7-14/h10,14H,4-9,11H2,1-3H3. The fourth-order valence-corrected chi connectivity index (χ4v) is 3.41. The number of hydrogen-bond donors (Lipinski definition) is 0. The van der Waals surface area contributed by atoms with E-state index in [1.165, 1.54) is 25.7 Å². The zero-order chi connectivity index (χ0) is 14.5. The molecule has 1 aliphatic carbocycles. The van der Waals surface area contributed by atoms with Crippen molar-refractivity contribution in [1.82, 2.24) is 9.88 Å². The second kappa shape index (κ2) is 7.28. The summed E-state index contributed by atoms with van der Waals surface area (Å²) in [5.74, 6) is 1.64. The van der Waals surface area contributed by atoms with Gasteiger partial charge < -0.3 is 4.74 Å². The predicted molar refractivity (Wildman–Crippen MR) is 83.6 cm³/mol. The molecule has 1 heterocycles. The maximum Gasteiger partial charge on any atom is 0.128 e. The second-order valence-corrected chi connectivity index (χ2v) is 6.02. The molecule has 4 heteroatoms. The lowest BCUT2D eigenvalue weighted by Crippen LogP contribution is -2.35. The number of pyridine rings is 1. The van der Waals surface area contributed by atoms with Crippen molar-refractivity contribution in [2.75, 3.05) is 19.5 Å². The SMILES string of the molecule is COc1c(C)cnc(CN(CCCl)C2CCCC2)c1C. The zero-order valence-electron chi connectivity index (χ0n) is 12.8. The Kier molecular flexibility index (Phi) is 5.67. The lowest BCUT2D eigenvalue weighted by molar-refractivity contribution is 0.198. The molecule has 2 rings (SSSR count). The lowest BCUT2D eigenvalue weighted by atomic mass is 10.1. The first-order valence-electron chi connectivity index (χ1n) is 7.46. The Morgan fingerprint density at radius 1 is 1.35 bits per heavy atom. The smallest absolute Gasteiger partial charge is 0.128 e. The van der Waals surface area contributed by atoms with Gasteiger partial charge in [-0.05, 0) is 26.7 Å². The number of halogens is 1. The first-order valence-corrected chi connectivity index (χ1v) is 8.00. The van der Waals surface area contributed by atoms with Crippen molar-refractivity contribution in [2.24, 2.45) is 0 Å². The van der Waals surface area contributed by atoms with E-state index in [1.807, 2.05) is 13.1 Å². The summed E-state index contributed by atoms with van der Waals surface area (Å²) >= 11 is 5.98. The number of hydrogen-bond acceptors (Lipinski definition) is 3. The lowest BCUT2D eigenvalue weighted by Gasteiger charge is -2.28. The van der Waals surface area contributed by atoms with Crippen LogP contribution in [0.3, 0.4) is 0 Å². The summed E-state index contributed by atoms with van der Waals surface area (Å²) in [6, 6.07) is 0.669. The highest BCUT2D eigenvalue weighted by Crippen LogP contribution is 2.28. The fourth-order valence-electron chi connectivity index (χ4n) is 3.19. The molecule has 0 atom stereocenters. The topological polar surface area (TPSA) is 25.4 Å². The van der Waals surface area contributed by atoms with Gasteiger partial charge in [0.1, 0.15) is 5.75 Å². The van der Waals surface area contributed by atoms with E-state index in [0.29, 0.717) is 11.9 Å². The van der Waals surface area contributed by atoms with Gasteiger partial charge in [0.05, 0.1) is 12.8 Å². The van der Waals surface area contributed by atoms with Crippen LogP contribution in [0.2, 0.25) is 0 Å². The van der Waals surface area contributed by atoms with Crippen molar-refractivity contribution >= 4 is 11.6 Å². The number of rotatable bonds is 6. The minimum atomic E-state index is 0.669. The summed E-state index contributed by atoms with van der Waals surface area (Å²) in [5, 5.41) is 0. The van der Waals surface area contributed by atoms with E-state index in [9.17, 15) is 0 Å². The molecule has 1 aromatic heterocycles. The molecule has 0 spiro atoms. The van der Waals surface area contributed by atoms with Gasteiger partial charge in [-0.1, -0.05) is 12.8 Å². The van der Waals surface area contributed by atoms with Crippen LogP contribution in [0.25, 0.3) is 0 Å². The molecule has 1 aliphatic rings. The Balaban J connectivity index is 2.17. The van der Waals surface area contributed by atoms with Crippen LogP contribution in [0.1, 0.15) is 42.5 Å². The van der Waals surface area contributed by atoms with E-state index in [2.05, 4.69) is 16.8 Å². The summed E-state index contributed by atoms with van der Waals surface area (Å²) in [7, 11) is 1.73. The minimum absolute atomic E-state index is 0.669. The molecular formula is C16H25ClN2O. The molecule has 1 saturated carbocycles. The first kappa shape index (κ1) is 15.6. The minimum Gasteiger partial charge on any atom is -0.496 e. The third kappa shape index (κ3) is 3.44. The maximum atomic E-state index is 5.98. The molecule has 1 fully saturated rings. The third-order valence-corrected chi connectivity index (χ3v) is 4.48. The van der Waals surface area contributed by atoms with E-state index >= 15 is 0 Å². The molecule has 0 radical (unpaired) electrons. The van der Waals surface area contributed by atoms with Gasteiger partial charge in [-0.15, -0.1) is 11.6 Å². The van der Waals surface area contributed by atoms with Gasteiger partial charge in [-0.25, -0.2) is 0 Å². The molecule has 0 unspecified atom stereocenters. The highest BCUT2D eigenvalue weighted by molar-refractivity contribution is 6.18. The van der Waals surface area contributed by atoms with E-state index in [0.717, 1.165) is 35.7 Å². The van der Waals surface area contributed by atoms with Gasteiger partial charge in [0.2, 0.25) is 0 Å². The van der Waals surface area contributed by atoms with Crippen LogP contribution in [-0.4, -0.2) is 35.5 Å². The fraction of sp³-hybridized carbons (Fsp3) is 0.688. The highest BCUT2D eigenvalue weighted by atomic mass is 35.5. The first-order chi connectivity index (χ1) is 9.67. The monoisotopic (exact) mass is 296 g/mol. The highest BCUT2D eigenvalue weighted by Gasteiger charge is 2.23. The summed E-state index contributed by atoms with van der Waals surface area (Å²) in [6.07, 6.45) is 7.17. The van der Waals surface area contributed by atoms with Crippen LogP contribution < -0.4 is 4.74 Å². The summed E-state index contributed by atoms with van der Waals surface area (Å²) < 4.78 is 5.50. The number of methoxy groups -OCH3 is 1. The molecule has 0 saturated heterocycles. The van der Waals surface area contributed by atoms with Gasteiger partial charge in [0, 0.05) is 42.3 Å². The number of aryl methyl sites for hydroxylation is 1. The molecule has 3 nitrogen and oxygen atoms in total. The van der Waals surface area contributed by atoms with E-state index in [4.69, 9.17) is 16.3 Å². The number of nitrogens with zero attached hydrogens (tertiary/aromatic N) is 2. The van der Waals surface area contributed by atoms with Crippen LogP contribution >= 0.6 is 11.6 Å². The molecule has 112 valence electrons. The van der Waals surface area contributed by atoms with Gasteiger partial charge in [-0.2, -0.15) is 0 Å². The molecule has 0 aromatic carbocycles. The number of ether oxygens (including phenoxy) is 1. The quantitative estimate of drug-likeness (QED) is 0.749. The van der Waals surface area contributed by atoms with Crippen molar-refractivity contribution in [3.63, 3.8) is 0 Å². The van der Waals surface area contributed by atoms with Gasteiger partial charge in [0.15, 0.2) is 0 Å². The second-order valence-electron chi connectivity index (χ2n) is 5.64. The third-order valence-electron chi connectivity index (χ3n) is 4.32. The van der Waals surface area contributed by atoms with Crippen LogP contribution in [0, 0.1) is 13.8 Å². The summed E-state index contributed by atoms with van der Waals surface area (Å²) in [6.45, 7) is 5.95. The van der Waals surface area contributed by atoms with Crippen LogP contribution in [-0.2, 0) is 6.54 Å². The molecule has 1 aromatic rings. The molecule has 0 amide bonds. The van der Waals surface area contributed by atoms with Gasteiger partial charge >= 0.3 is 0 Å². The van der Waals surface area contributed by atoms with Crippen molar-refractivity contribution in [2.45, 2.75) is 52.1 Å². The van der Waals surface area contributed by atoms with Crippen LogP contribution in [0.5, 0.6) is 5.75 Å². The zero-order valence-corrected chi connectivity index (χ0v) is 13.5. The maximum absolute atomic E-state index is 5.98. The summed E-state index contributed by atoms with van der Waals surface area (Å²) in [4.78, 5) is 7.11. The largest absolute Gasteiger partial charge is 0.496 e. The van der Waals surface area contributed by atoms with E-state index in [1.54, 1.807) is 7.11 Å². The molecule has 0 bridgehead atoms. The Morgan fingerprint density at radius 3 is 2.65 bits per heavy atom. The van der Waals surface area contributed by atoms with Crippen LogP contribution in [0.4, 0.5) is 0 Å². The Bertz CT molecular complexity index is 444.